The minimum atomic E-state index is 0.215. The number of thiazole rings is 1. The Morgan fingerprint density at radius 3 is 2.77 bits per heavy atom. The van der Waals surface area contributed by atoms with Gasteiger partial charge in [0.2, 0.25) is 5.52 Å². The highest BCUT2D eigenvalue weighted by atomic mass is 32.2. The lowest BCUT2D eigenvalue weighted by molar-refractivity contribution is -0.668. The summed E-state index contributed by atoms with van der Waals surface area (Å²) in [6.45, 7) is 9.04. The Balaban J connectivity index is 1.30. The van der Waals surface area contributed by atoms with Crippen LogP contribution >= 0.6 is 34.9 Å². The van der Waals surface area contributed by atoms with E-state index in [-0.39, 0.29) is 5.41 Å². The molecule has 0 bridgehead atoms. The molecule has 3 aromatic carbocycles. The SMILES string of the molecule is CCN1/C(=C/C2=CC(=C/C=C/c3sc4cc(OC)ccc4[n+]3CCCSC)/CC(C)(C)C2)Sc2c1ccc1ccccc21. The predicted molar refractivity (Wildman–Crippen MR) is 191 cm³/mol. The molecule has 6 rings (SSSR count). The Hall–Kier alpha value is -2.93. The monoisotopic (exact) mass is 625 g/mol. The number of aryl methyl sites for hydroxylation is 1. The Bertz CT molecular complexity index is 1780. The van der Waals surface area contributed by atoms with Crippen molar-refractivity contribution in [3.05, 3.63) is 100 Å². The van der Waals surface area contributed by atoms with E-state index >= 15 is 0 Å². The van der Waals surface area contributed by atoms with Crippen molar-refractivity contribution < 1.29 is 9.30 Å². The number of hydrogen-bond donors (Lipinski definition) is 0. The quantitative estimate of drug-likeness (QED) is 0.136. The third kappa shape index (κ3) is 6.47. The second-order valence-electron chi connectivity index (χ2n) is 12.1. The number of nitrogens with zero attached hydrogens (tertiary/aromatic N) is 2. The molecular formula is C37H41N2OS3+. The molecule has 0 unspecified atom stereocenters. The summed E-state index contributed by atoms with van der Waals surface area (Å²) < 4.78 is 9.25. The summed E-state index contributed by atoms with van der Waals surface area (Å²) in [7, 11) is 1.74. The van der Waals surface area contributed by atoms with E-state index in [4.69, 9.17) is 4.74 Å². The van der Waals surface area contributed by atoms with E-state index in [0.717, 1.165) is 38.1 Å². The largest absolute Gasteiger partial charge is 0.497 e. The molecule has 0 spiro atoms. The minimum Gasteiger partial charge on any atom is -0.497 e. The van der Waals surface area contributed by atoms with Crippen molar-refractivity contribution in [3.8, 4) is 5.75 Å². The third-order valence-electron chi connectivity index (χ3n) is 8.20. The average Bonchev–Trinajstić information content (AvgIpc) is 3.53. The van der Waals surface area contributed by atoms with Gasteiger partial charge in [-0.25, -0.2) is 0 Å². The summed E-state index contributed by atoms with van der Waals surface area (Å²) in [6, 6.07) is 19.7. The lowest BCUT2D eigenvalue weighted by atomic mass is 9.75. The Morgan fingerprint density at radius 1 is 1.09 bits per heavy atom. The van der Waals surface area contributed by atoms with Crippen molar-refractivity contribution in [1.29, 1.82) is 0 Å². The molecule has 1 aliphatic heterocycles. The van der Waals surface area contributed by atoms with Crippen LogP contribution in [0.4, 0.5) is 5.69 Å². The maximum absolute atomic E-state index is 5.51. The third-order valence-corrected chi connectivity index (χ3v) is 11.2. The maximum atomic E-state index is 5.51. The van der Waals surface area contributed by atoms with E-state index in [9.17, 15) is 0 Å². The topological polar surface area (TPSA) is 16.4 Å². The smallest absolute Gasteiger partial charge is 0.262 e. The molecule has 43 heavy (non-hydrogen) atoms. The number of hydrogen-bond acceptors (Lipinski definition) is 5. The zero-order valence-electron chi connectivity index (χ0n) is 25.9. The van der Waals surface area contributed by atoms with Crippen LogP contribution in [0.2, 0.25) is 0 Å². The van der Waals surface area contributed by atoms with Crippen LogP contribution in [0.1, 0.15) is 45.0 Å². The van der Waals surface area contributed by atoms with Gasteiger partial charge in [0.15, 0.2) is 6.54 Å². The van der Waals surface area contributed by atoms with Gasteiger partial charge >= 0.3 is 0 Å². The van der Waals surface area contributed by atoms with Crippen molar-refractivity contribution >= 4 is 67.6 Å². The molecular weight excluding hydrogens is 585 g/mol. The molecule has 222 valence electrons. The maximum Gasteiger partial charge on any atom is 0.262 e. The molecule has 0 N–H and O–H groups in total. The van der Waals surface area contributed by atoms with Gasteiger partial charge in [0.1, 0.15) is 10.4 Å². The van der Waals surface area contributed by atoms with Crippen LogP contribution in [0.25, 0.3) is 27.1 Å². The summed E-state index contributed by atoms with van der Waals surface area (Å²) in [4.78, 5) is 3.86. The molecule has 0 atom stereocenters. The summed E-state index contributed by atoms with van der Waals surface area (Å²) >= 11 is 5.68. The van der Waals surface area contributed by atoms with Gasteiger partial charge in [-0.15, -0.1) is 0 Å². The van der Waals surface area contributed by atoms with Gasteiger partial charge in [-0.1, -0.05) is 85.5 Å². The average molecular weight is 626 g/mol. The zero-order valence-corrected chi connectivity index (χ0v) is 28.3. The number of methoxy groups -OCH3 is 1. The van der Waals surface area contributed by atoms with Crippen molar-refractivity contribution in [2.45, 2.75) is 51.5 Å². The van der Waals surface area contributed by atoms with Crippen LogP contribution in [0.15, 0.2) is 100.0 Å². The van der Waals surface area contributed by atoms with E-state index in [1.54, 1.807) is 7.11 Å². The van der Waals surface area contributed by atoms with Gasteiger partial charge < -0.3 is 9.64 Å². The lowest BCUT2D eigenvalue weighted by Gasteiger charge is -2.31. The van der Waals surface area contributed by atoms with Gasteiger partial charge in [-0.2, -0.15) is 16.3 Å². The van der Waals surface area contributed by atoms with Crippen molar-refractivity contribution in [2.24, 2.45) is 5.41 Å². The molecule has 0 amide bonds. The standard InChI is InChI=1S/C37H41N2OS3/c1-6-38-32-17-15-28-12-7-8-13-30(28)36(32)43-35(38)22-27-21-26(24-37(2,3)25-27)11-9-14-34-39(19-10-20-41-5)31-18-16-29(40-4)23-33(31)42-34/h7-9,11-18,21-23H,6,10,19-20,24-25H2,1-5H3/q+1. The first kappa shape index (κ1) is 30.1. The molecule has 1 aliphatic carbocycles. The normalized spacial score (nSPS) is 18.3. The van der Waals surface area contributed by atoms with Gasteiger partial charge in [-0.05, 0) is 77.3 Å². The molecule has 0 fully saturated rings. The van der Waals surface area contributed by atoms with Crippen molar-refractivity contribution in [1.82, 2.24) is 0 Å². The molecule has 0 saturated carbocycles. The molecule has 2 aliphatic rings. The van der Waals surface area contributed by atoms with Crippen LogP contribution in [0.5, 0.6) is 5.75 Å². The molecule has 0 radical (unpaired) electrons. The van der Waals surface area contributed by atoms with E-state index in [0.29, 0.717) is 0 Å². The Labute approximate surface area is 269 Å². The van der Waals surface area contributed by atoms with E-state index in [2.05, 4.69) is 121 Å². The van der Waals surface area contributed by atoms with Crippen molar-refractivity contribution in [2.75, 3.05) is 30.6 Å². The summed E-state index contributed by atoms with van der Waals surface area (Å²) in [5.74, 6) is 2.08. The van der Waals surface area contributed by atoms with Crippen LogP contribution in [0, 0.1) is 5.41 Å². The number of benzene rings is 3. The number of thioether (sulfide) groups is 2. The van der Waals surface area contributed by atoms with Gasteiger partial charge in [-0.3, -0.25) is 0 Å². The van der Waals surface area contributed by atoms with Gasteiger partial charge in [0.05, 0.1) is 17.8 Å². The number of anilines is 1. The molecule has 2 heterocycles. The van der Waals surface area contributed by atoms with E-state index < -0.39 is 0 Å². The molecule has 4 aromatic rings. The number of rotatable bonds is 9. The number of fused-ring (bicyclic) bond motifs is 4. The van der Waals surface area contributed by atoms with E-state index in [1.807, 2.05) is 34.9 Å². The summed E-state index contributed by atoms with van der Waals surface area (Å²) in [5.41, 5.74) is 5.64. The highest BCUT2D eigenvalue weighted by Crippen LogP contribution is 2.50. The zero-order chi connectivity index (χ0) is 30.0. The number of aromatic nitrogens is 1. The lowest BCUT2D eigenvalue weighted by Crippen LogP contribution is -2.35. The van der Waals surface area contributed by atoms with Crippen LogP contribution in [-0.2, 0) is 6.54 Å². The molecule has 3 nitrogen and oxygen atoms in total. The van der Waals surface area contributed by atoms with Crippen LogP contribution in [0.3, 0.4) is 0 Å². The summed E-state index contributed by atoms with van der Waals surface area (Å²) in [5, 5.41) is 5.28. The Kier molecular flexibility index (Phi) is 9.08. The Morgan fingerprint density at radius 2 is 1.95 bits per heavy atom. The second kappa shape index (κ2) is 13.0. The molecule has 0 saturated heterocycles. The van der Waals surface area contributed by atoms with Gasteiger partial charge in [0, 0.05) is 36.1 Å². The number of allylic oxidation sites excluding steroid dienone is 6. The highest BCUT2D eigenvalue weighted by Gasteiger charge is 2.29. The second-order valence-corrected chi connectivity index (χ2v) is 15.2. The van der Waals surface area contributed by atoms with Crippen LogP contribution < -0.4 is 14.2 Å². The minimum absolute atomic E-state index is 0.215. The summed E-state index contributed by atoms with van der Waals surface area (Å²) in [6.07, 6.45) is 17.3. The fourth-order valence-corrected chi connectivity index (χ4v) is 9.20. The van der Waals surface area contributed by atoms with Gasteiger partial charge in [0.25, 0.3) is 5.01 Å². The molecule has 6 heteroatoms. The first-order chi connectivity index (χ1) is 20.9. The van der Waals surface area contributed by atoms with Crippen LogP contribution in [-0.4, -0.2) is 25.7 Å². The fraction of sp³-hybridized carbons (Fsp3) is 0.324. The highest BCUT2D eigenvalue weighted by molar-refractivity contribution is 8.04. The first-order valence-electron chi connectivity index (χ1n) is 15.1. The predicted octanol–water partition coefficient (Wildman–Crippen LogP) is 10.3. The molecule has 1 aromatic heterocycles. The van der Waals surface area contributed by atoms with E-state index in [1.165, 1.54) is 58.5 Å². The first-order valence-corrected chi connectivity index (χ1v) is 18.2. The fourth-order valence-electron chi connectivity index (χ4n) is 6.32. The van der Waals surface area contributed by atoms with Crippen molar-refractivity contribution in [3.63, 3.8) is 0 Å². The number of ether oxygens (including phenoxy) is 1.